The number of likely N-dealkylation sites (tertiary alicyclic amines) is 1. The van der Waals surface area contributed by atoms with Gasteiger partial charge in [-0.3, -0.25) is 9.69 Å². The van der Waals surface area contributed by atoms with Crippen molar-refractivity contribution < 1.29 is 23.1 Å². The Morgan fingerprint density at radius 1 is 0.943 bits per heavy atom. The van der Waals surface area contributed by atoms with Crippen LogP contribution in [0.25, 0.3) is 0 Å². The molecule has 3 atom stereocenters. The largest absolute Gasteiger partial charge is 0.465 e. The molecule has 0 spiro atoms. The van der Waals surface area contributed by atoms with Crippen molar-refractivity contribution in [2.75, 3.05) is 61.4 Å². The van der Waals surface area contributed by atoms with E-state index in [-0.39, 0.29) is 34.3 Å². The molecule has 0 bridgehead atoms. The van der Waals surface area contributed by atoms with E-state index in [0.29, 0.717) is 48.4 Å². The molecule has 2 aliphatic carbocycles. The van der Waals surface area contributed by atoms with Gasteiger partial charge in [0.2, 0.25) is 15.9 Å². The third-order valence-corrected chi connectivity index (χ3v) is 13.9. The molecule has 2 saturated heterocycles. The number of sulfonamides is 1. The average Bonchev–Trinajstić information content (AvgIpc) is 3.95. The standard InChI is InChI=1S/C39H58N8O5S/c1-26-37(48)43(5)33-15-16-35(41-36(33)47(26)31-17-18-46(38(49)50)34(24-31)39(2,3)4)40-29-7-6-8-32(23-29)53(51,52)42-28-11-13-30(14-12-28)45-21-19-44(20-22-45)25-27-9-10-27/h6-8,15-16,23,26-28,30-31,34,42H,9-14,17-22,24-25H2,1-5H3,(H,40,41)(H,49,50)/t26-,28?,30?,31?,34?/m1/s1. The van der Waals surface area contributed by atoms with Crippen LogP contribution in [0.1, 0.15) is 79.1 Å². The van der Waals surface area contributed by atoms with Crippen LogP contribution < -0.4 is 19.8 Å². The van der Waals surface area contributed by atoms with Gasteiger partial charge in [0.15, 0.2) is 5.82 Å². The van der Waals surface area contributed by atoms with Crippen molar-refractivity contribution in [2.45, 2.75) is 114 Å². The molecule has 2 unspecified atom stereocenters. The first-order valence-electron chi connectivity index (χ1n) is 19.6. The molecule has 3 aliphatic heterocycles. The van der Waals surface area contributed by atoms with Crippen molar-refractivity contribution in [1.82, 2.24) is 24.4 Å². The number of benzene rings is 1. The molecule has 290 valence electrons. The van der Waals surface area contributed by atoms with Gasteiger partial charge in [-0.2, -0.15) is 0 Å². The van der Waals surface area contributed by atoms with E-state index in [0.717, 1.165) is 57.8 Å². The lowest BCUT2D eigenvalue weighted by Gasteiger charge is -2.50. The number of hydrogen-bond donors (Lipinski definition) is 3. The molecular weight excluding hydrogens is 693 g/mol. The summed E-state index contributed by atoms with van der Waals surface area (Å²) in [7, 11) is -2.00. The van der Waals surface area contributed by atoms with Gasteiger partial charge in [-0.15, -0.1) is 0 Å². The molecule has 7 rings (SSSR count). The summed E-state index contributed by atoms with van der Waals surface area (Å²) in [5.74, 6) is 2.05. The number of aromatic nitrogens is 1. The molecule has 0 radical (unpaired) electrons. The summed E-state index contributed by atoms with van der Waals surface area (Å²) < 4.78 is 30.3. The number of hydrogen-bond acceptors (Lipinski definition) is 9. The highest BCUT2D eigenvalue weighted by Crippen LogP contribution is 2.41. The smallest absolute Gasteiger partial charge is 0.407 e. The quantitative estimate of drug-likeness (QED) is 0.315. The highest BCUT2D eigenvalue weighted by molar-refractivity contribution is 7.89. The normalized spacial score (nSPS) is 27.8. The van der Waals surface area contributed by atoms with E-state index in [9.17, 15) is 23.1 Å². The monoisotopic (exact) mass is 750 g/mol. The fourth-order valence-corrected chi connectivity index (χ4v) is 10.5. The summed E-state index contributed by atoms with van der Waals surface area (Å²) in [6, 6.07) is 10.1. The van der Waals surface area contributed by atoms with Crippen LogP contribution >= 0.6 is 0 Å². The zero-order chi connectivity index (χ0) is 37.7. The predicted molar refractivity (Wildman–Crippen MR) is 207 cm³/mol. The number of carbonyl (C=O) groups excluding carboxylic acids is 1. The number of nitrogens with zero attached hydrogens (tertiary/aromatic N) is 6. The van der Waals surface area contributed by atoms with Crippen LogP contribution in [0.15, 0.2) is 41.3 Å². The van der Waals surface area contributed by atoms with Crippen molar-refractivity contribution in [2.24, 2.45) is 11.3 Å². The first kappa shape index (κ1) is 37.8. The molecule has 4 heterocycles. The van der Waals surface area contributed by atoms with Crippen molar-refractivity contribution >= 4 is 45.0 Å². The van der Waals surface area contributed by atoms with Crippen molar-refractivity contribution in [3.63, 3.8) is 0 Å². The van der Waals surface area contributed by atoms with E-state index in [1.165, 1.54) is 24.3 Å². The average molecular weight is 751 g/mol. The summed E-state index contributed by atoms with van der Waals surface area (Å²) >= 11 is 0. The maximum atomic E-state index is 13.6. The summed E-state index contributed by atoms with van der Waals surface area (Å²) in [4.78, 5) is 41.3. The molecule has 3 N–H and O–H groups in total. The van der Waals surface area contributed by atoms with E-state index >= 15 is 0 Å². The molecule has 5 aliphatic rings. The second kappa shape index (κ2) is 15.0. The highest BCUT2D eigenvalue weighted by atomic mass is 32.2. The van der Waals surface area contributed by atoms with Crippen LogP contribution in [0.2, 0.25) is 0 Å². The van der Waals surface area contributed by atoms with Crippen LogP contribution in [0, 0.1) is 11.3 Å². The summed E-state index contributed by atoms with van der Waals surface area (Å²) in [6.45, 7) is 14.2. The number of amides is 2. The fourth-order valence-electron chi connectivity index (χ4n) is 9.11. The predicted octanol–water partition coefficient (Wildman–Crippen LogP) is 5.17. The topological polar surface area (TPSA) is 142 Å². The molecule has 4 fully saturated rings. The molecule has 2 amide bonds. The Balaban J connectivity index is 1.01. The van der Waals surface area contributed by atoms with E-state index in [1.54, 1.807) is 36.2 Å². The number of pyridine rings is 1. The van der Waals surface area contributed by atoms with Gasteiger partial charge in [0.05, 0.1) is 10.6 Å². The number of anilines is 4. The minimum Gasteiger partial charge on any atom is -0.465 e. The maximum absolute atomic E-state index is 13.6. The minimum atomic E-state index is -3.75. The molecule has 13 nitrogen and oxygen atoms in total. The van der Waals surface area contributed by atoms with Crippen LogP contribution in [-0.4, -0.2) is 122 Å². The van der Waals surface area contributed by atoms with Gasteiger partial charge in [0, 0.05) is 76.2 Å². The lowest BCUT2D eigenvalue weighted by Crippen LogP contribution is -2.61. The Morgan fingerprint density at radius 2 is 1.66 bits per heavy atom. The van der Waals surface area contributed by atoms with Gasteiger partial charge in [-0.25, -0.2) is 22.9 Å². The van der Waals surface area contributed by atoms with Gasteiger partial charge in [0.25, 0.3) is 0 Å². The second-order valence-corrected chi connectivity index (χ2v) is 18.8. The van der Waals surface area contributed by atoms with E-state index in [4.69, 9.17) is 4.98 Å². The lowest BCUT2D eigenvalue weighted by molar-refractivity contribution is -0.119. The zero-order valence-corrected chi connectivity index (χ0v) is 32.8. The number of piperazine rings is 1. The molecule has 1 aromatic carbocycles. The number of nitrogens with one attached hydrogen (secondary N) is 2. The molecular formula is C39H58N8O5S. The van der Waals surface area contributed by atoms with Crippen molar-refractivity contribution in [1.29, 1.82) is 0 Å². The maximum Gasteiger partial charge on any atom is 0.407 e. The van der Waals surface area contributed by atoms with E-state index < -0.39 is 22.2 Å². The van der Waals surface area contributed by atoms with Gasteiger partial charge in [-0.05, 0) is 100.0 Å². The SMILES string of the molecule is C[C@@H]1C(=O)N(C)c2ccc(Nc3cccc(S(=O)(=O)NC4CCC(N5CCN(CC6CC6)CC5)CC4)c3)nc2N1C1CCN(C(=O)O)C(C(C)(C)C)C1. The van der Waals surface area contributed by atoms with E-state index in [2.05, 4.69) is 45.5 Å². The summed E-state index contributed by atoms with van der Waals surface area (Å²) in [6.07, 6.45) is 6.69. The Kier molecular flexibility index (Phi) is 10.7. The zero-order valence-electron chi connectivity index (χ0n) is 32.0. The Labute approximate surface area is 315 Å². The molecule has 2 saturated carbocycles. The third kappa shape index (κ3) is 8.30. The fraction of sp³-hybridized carbons (Fsp3) is 0.667. The summed E-state index contributed by atoms with van der Waals surface area (Å²) in [5, 5.41) is 13.3. The number of rotatable bonds is 9. The third-order valence-electron chi connectivity index (χ3n) is 12.4. The highest BCUT2D eigenvalue weighted by Gasteiger charge is 2.45. The lowest BCUT2D eigenvalue weighted by atomic mass is 9.78. The molecule has 2 aromatic rings. The molecule has 1 aromatic heterocycles. The number of fused-ring (bicyclic) bond motifs is 1. The number of likely N-dealkylation sites (N-methyl/N-ethyl adjacent to an activating group) is 1. The van der Waals surface area contributed by atoms with Crippen LogP contribution in [0.4, 0.5) is 27.8 Å². The molecule has 53 heavy (non-hydrogen) atoms. The van der Waals surface area contributed by atoms with E-state index in [1.807, 2.05) is 19.1 Å². The number of carboxylic acid groups (broad SMARTS) is 1. The second-order valence-electron chi connectivity index (χ2n) is 17.1. The van der Waals surface area contributed by atoms with Gasteiger partial charge in [0.1, 0.15) is 11.9 Å². The van der Waals surface area contributed by atoms with Crippen molar-refractivity contribution in [3.05, 3.63) is 36.4 Å². The molecule has 14 heteroatoms. The van der Waals surface area contributed by atoms with Crippen LogP contribution in [0.3, 0.4) is 0 Å². The van der Waals surface area contributed by atoms with Crippen molar-refractivity contribution in [3.8, 4) is 0 Å². The number of carbonyl (C=O) groups is 2. The first-order valence-corrected chi connectivity index (χ1v) is 21.1. The Bertz CT molecular complexity index is 1760. The Morgan fingerprint density at radius 3 is 2.32 bits per heavy atom. The minimum absolute atomic E-state index is 0.0474. The number of piperidine rings is 1. The first-order chi connectivity index (χ1) is 25.2. The van der Waals surface area contributed by atoms with Gasteiger partial charge < -0.3 is 30.0 Å². The summed E-state index contributed by atoms with van der Waals surface area (Å²) in [5.41, 5.74) is 0.978. The Hall–Kier alpha value is -3.46. The van der Waals surface area contributed by atoms with Gasteiger partial charge in [-0.1, -0.05) is 26.8 Å². The van der Waals surface area contributed by atoms with Gasteiger partial charge >= 0.3 is 6.09 Å². The van der Waals surface area contributed by atoms with Crippen LogP contribution in [-0.2, 0) is 14.8 Å². The van der Waals surface area contributed by atoms with Crippen LogP contribution in [0.5, 0.6) is 0 Å².